The fraction of sp³-hybridized carbons (Fsp3) is 0.879. The molecular formula is C33H52F4O. The Balaban J connectivity index is 1.10. The molecule has 0 spiro atoms. The van der Waals surface area contributed by atoms with Crippen LogP contribution in [0.3, 0.4) is 0 Å². The summed E-state index contributed by atoms with van der Waals surface area (Å²) in [7, 11) is 0. The molecule has 1 aliphatic heterocycles. The summed E-state index contributed by atoms with van der Waals surface area (Å²) in [6.07, 6.45) is 21.8. The predicted octanol–water partition coefficient (Wildman–Crippen LogP) is 10.8. The third-order valence-corrected chi connectivity index (χ3v) is 10.6. The van der Waals surface area contributed by atoms with Gasteiger partial charge in [0, 0.05) is 5.92 Å². The molecular weight excluding hydrogens is 488 g/mol. The number of halogens is 4. The zero-order chi connectivity index (χ0) is 27.0. The average molecular weight is 541 g/mol. The first-order valence-corrected chi connectivity index (χ1v) is 16.1. The van der Waals surface area contributed by atoms with E-state index in [1.807, 2.05) is 0 Å². The molecule has 5 heteroatoms. The second-order valence-corrected chi connectivity index (χ2v) is 13.2. The Bertz CT molecular complexity index is 727. The average Bonchev–Trinajstić information content (AvgIpc) is 2.92. The highest BCUT2D eigenvalue weighted by molar-refractivity contribution is 5.05. The molecule has 0 amide bonds. The van der Waals surface area contributed by atoms with E-state index >= 15 is 0 Å². The van der Waals surface area contributed by atoms with E-state index in [0.717, 1.165) is 37.2 Å². The normalized spacial score (nSPS) is 38.0. The van der Waals surface area contributed by atoms with Crippen molar-refractivity contribution in [1.82, 2.24) is 0 Å². The van der Waals surface area contributed by atoms with Crippen LogP contribution in [-0.4, -0.2) is 18.9 Å². The lowest BCUT2D eigenvalue weighted by atomic mass is 9.71. The SMILES string of the molecule is CCCCCC1CCC(C2CCC(C3CCC(C=CC4CCC(C(F)=CC(F)(F)F)CC4)CC3)OC2)CC1. The number of hydrogen-bond acceptors (Lipinski definition) is 1. The smallest absolute Gasteiger partial charge is 0.378 e. The lowest BCUT2D eigenvalue weighted by Crippen LogP contribution is -2.37. The topological polar surface area (TPSA) is 9.23 Å². The summed E-state index contributed by atoms with van der Waals surface area (Å²) in [5, 5.41) is 0. The van der Waals surface area contributed by atoms with Crippen molar-refractivity contribution in [3.8, 4) is 0 Å². The van der Waals surface area contributed by atoms with Crippen LogP contribution in [0.25, 0.3) is 0 Å². The summed E-state index contributed by atoms with van der Waals surface area (Å²) in [5.41, 5.74) is 0. The summed E-state index contributed by atoms with van der Waals surface area (Å²) in [6, 6.07) is 0. The highest BCUT2D eigenvalue weighted by atomic mass is 19.4. The first-order valence-electron chi connectivity index (χ1n) is 16.1. The number of unbranched alkanes of at least 4 members (excludes halogenated alkanes) is 2. The molecule has 1 heterocycles. The molecule has 1 nitrogen and oxygen atoms in total. The molecule has 0 aromatic rings. The van der Waals surface area contributed by atoms with E-state index in [1.165, 1.54) is 89.9 Å². The molecule has 1 saturated heterocycles. The number of rotatable bonds is 9. The minimum absolute atomic E-state index is 0.150. The number of alkyl halides is 3. The summed E-state index contributed by atoms with van der Waals surface area (Å²) in [5.74, 6) is 2.81. The number of allylic oxidation sites excluding steroid dienone is 4. The van der Waals surface area contributed by atoms with Crippen LogP contribution in [0.4, 0.5) is 17.6 Å². The van der Waals surface area contributed by atoms with Gasteiger partial charge in [0.1, 0.15) is 5.83 Å². The van der Waals surface area contributed by atoms with Gasteiger partial charge in [0.25, 0.3) is 0 Å². The molecule has 0 bridgehead atoms. The van der Waals surface area contributed by atoms with Gasteiger partial charge in [-0.2, -0.15) is 13.2 Å². The Kier molecular flexibility index (Phi) is 11.6. The van der Waals surface area contributed by atoms with Crippen LogP contribution < -0.4 is 0 Å². The second kappa shape index (κ2) is 14.7. The van der Waals surface area contributed by atoms with E-state index in [1.54, 1.807) is 0 Å². The van der Waals surface area contributed by atoms with Crippen LogP contribution in [0.1, 0.15) is 122 Å². The van der Waals surface area contributed by atoms with Crippen molar-refractivity contribution in [3.63, 3.8) is 0 Å². The summed E-state index contributed by atoms with van der Waals surface area (Å²) in [4.78, 5) is 0. The Hall–Kier alpha value is -0.840. The zero-order valence-electron chi connectivity index (χ0n) is 23.7. The first-order chi connectivity index (χ1) is 18.3. The van der Waals surface area contributed by atoms with Crippen LogP contribution in [0.5, 0.6) is 0 Å². The van der Waals surface area contributed by atoms with Crippen molar-refractivity contribution in [2.24, 2.45) is 41.4 Å². The summed E-state index contributed by atoms with van der Waals surface area (Å²) >= 11 is 0. The summed E-state index contributed by atoms with van der Waals surface area (Å²) in [6.45, 7) is 3.28. The molecule has 0 N–H and O–H groups in total. The second-order valence-electron chi connectivity index (χ2n) is 13.2. The molecule has 4 rings (SSSR count). The number of hydrogen-bond donors (Lipinski definition) is 0. The van der Waals surface area contributed by atoms with Gasteiger partial charge < -0.3 is 4.74 Å². The molecule has 4 fully saturated rings. The van der Waals surface area contributed by atoms with Crippen molar-refractivity contribution in [2.45, 2.75) is 135 Å². The molecule has 3 saturated carbocycles. The van der Waals surface area contributed by atoms with E-state index < -0.39 is 17.9 Å². The Morgan fingerprint density at radius 2 is 1.29 bits per heavy atom. The van der Waals surface area contributed by atoms with Crippen molar-refractivity contribution < 1.29 is 22.3 Å². The third-order valence-electron chi connectivity index (χ3n) is 10.6. The summed E-state index contributed by atoms with van der Waals surface area (Å²) < 4.78 is 57.7. The number of ether oxygens (including phenoxy) is 1. The molecule has 4 aliphatic rings. The Morgan fingerprint density at radius 1 is 0.711 bits per heavy atom. The van der Waals surface area contributed by atoms with Gasteiger partial charge in [-0.25, -0.2) is 4.39 Å². The minimum Gasteiger partial charge on any atom is -0.378 e. The van der Waals surface area contributed by atoms with E-state index in [9.17, 15) is 17.6 Å². The fourth-order valence-corrected chi connectivity index (χ4v) is 8.05. The molecule has 218 valence electrons. The molecule has 0 radical (unpaired) electrons. The van der Waals surface area contributed by atoms with E-state index in [0.29, 0.717) is 36.7 Å². The van der Waals surface area contributed by atoms with Gasteiger partial charge in [0.05, 0.1) is 18.8 Å². The molecule has 2 unspecified atom stereocenters. The quantitative estimate of drug-likeness (QED) is 0.161. The Labute approximate surface area is 229 Å². The molecule has 3 aliphatic carbocycles. The van der Waals surface area contributed by atoms with Crippen molar-refractivity contribution >= 4 is 0 Å². The predicted molar refractivity (Wildman–Crippen MR) is 147 cm³/mol. The van der Waals surface area contributed by atoms with Crippen LogP contribution in [0.2, 0.25) is 0 Å². The van der Waals surface area contributed by atoms with Crippen molar-refractivity contribution in [3.05, 3.63) is 24.1 Å². The van der Waals surface area contributed by atoms with Gasteiger partial charge in [-0.3, -0.25) is 0 Å². The highest BCUT2D eigenvalue weighted by Gasteiger charge is 2.35. The molecule has 0 aromatic carbocycles. The third kappa shape index (κ3) is 9.37. The highest BCUT2D eigenvalue weighted by Crippen LogP contribution is 2.42. The maximum absolute atomic E-state index is 13.9. The van der Waals surface area contributed by atoms with Gasteiger partial charge in [0.15, 0.2) is 0 Å². The van der Waals surface area contributed by atoms with Crippen LogP contribution in [0.15, 0.2) is 24.1 Å². The first kappa shape index (κ1) is 30.1. The minimum atomic E-state index is -4.56. The van der Waals surface area contributed by atoms with Crippen LogP contribution >= 0.6 is 0 Å². The molecule has 0 aromatic heterocycles. The largest absolute Gasteiger partial charge is 0.412 e. The van der Waals surface area contributed by atoms with Crippen molar-refractivity contribution in [2.75, 3.05) is 6.61 Å². The van der Waals surface area contributed by atoms with Gasteiger partial charge in [-0.05, 0) is 113 Å². The van der Waals surface area contributed by atoms with Crippen LogP contribution in [-0.2, 0) is 4.74 Å². The maximum Gasteiger partial charge on any atom is 0.412 e. The fourth-order valence-electron chi connectivity index (χ4n) is 8.05. The maximum atomic E-state index is 13.9. The van der Waals surface area contributed by atoms with Gasteiger partial charge in [-0.15, -0.1) is 0 Å². The lowest BCUT2D eigenvalue weighted by molar-refractivity contribution is -0.0821. The van der Waals surface area contributed by atoms with Gasteiger partial charge >= 0.3 is 6.18 Å². The molecule has 38 heavy (non-hydrogen) atoms. The molecule has 2 atom stereocenters. The van der Waals surface area contributed by atoms with Gasteiger partial charge in [0.2, 0.25) is 0 Å². The Morgan fingerprint density at radius 3 is 1.84 bits per heavy atom. The van der Waals surface area contributed by atoms with Crippen molar-refractivity contribution in [1.29, 1.82) is 0 Å². The van der Waals surface area contributed by atoms with Crippen LogP contribution in [0, 0.1) is 41.4 Å². The van der Waals surface area contributed by atoms with E-state index in [2.05, 4.69) is 19.1 Å². The van der Waals surface area contributed by atoms with E-state index in [-0.39, 0.29) is 6.08 Å². The standard InChI is InChI=1S/C33H52F4O/c1-2-3-4-5-24-8-14-27(15-9-24)30-20-21-32(38-23-30)29-18-12-26(13-19-29)7-6-25-10-16-28(17-11-25)31(34)22-33(35,36)37/h6-7,22,24-30,32H,2-5,8-21,23H2,1H3. The van der Waals surface area contributed by atoms with Gasteiger partial charge in [-0.1, -0.05) is 57.6 Å². The monoisotopic (exact) mass is 540 g/mol. The van der Waals surface area contributed by atoms with E-state index in [4.69, 9.17) is 4.74 Å². The lowest BCUT2D eigenvalue weighted by Gasteiger charge is -2.41. The zero-order valence-corrected chi connectivity index (χ0v) is 23.7.